The van der Waals surface area contributed by atoms with Crippen molar-refractivity contribution in [2.75, 3.05) is 25.0 Å². The first-order valence-electron chi connectivity index (χ1n) is 9.51. The summed E-state index contributed by atoms with van der Waals surface area (Å²) in [6.07, 6.45) is 9.85. The van der Waals surface area contributed by atoms with E-state index < -0.39 is 0 Å². The van der Waals surface area contributed by atoms with Crippen molar-refractivity contribution in [2.45, 2.75) is 51.4 Å². The predicted molar refractivity (Wildman–Crippen MR) is 106 cm³/mol. The molecule has 3 heterocycles. The number of aromatic amines is 1. The molecule has 0 spiro atoms. The van der Waals surface area contributed by atoms with Crippen LogP contribution in [-0.4, -0.2) is 35.4 Å². The highest BCUT2D eigenvalue weighted by molar-refractivity contribution is 7.12. The molecule has 0 aromatic carbocycles. The summed E-state index contributed by atoms with van der Waals surface area (Å²) in [5, 5.41) is 4.88. The van der Waals surface area contributed by atoms with Crippen molar-refractivity contribution >= 4 is 23.1 Å². The van der Waals surface area contributed by atoms with E-state index in [-0.39, 0.29) is 5.91 Å². The van der Waals surface area contributed by atoms with Crippen LogP contribution < -0.4 is 5.32 Å². The molecule has 0 saturated carbocycles. The van der Waals surface area contributed by atoms with Gasteiger partial charge in [0.2, 0.25) is 0 Å². The van der Waals surface area contributed by atoms with Crippen molar-refractivity contribution in [3.8, 4) is 0 Å². The molecule has 2 aromatic heterocycles. The van der Waals surface area contributed by atoms with Crippen LogP contribution in [0.15, 0.2) is 29.8 Å². The lowest BCUT2D eigenvalue weighted by molar-refractivity contribution is 0.103. The molecule has 0 atom stereocenters. The number of nitrogens with one attached hydrogen (secondary N) is 2. The monoisotopic (exact) mass is 359 g/mol. The minimum absolute atomic E-state index is 0.0368. The molecule has 3 rings (SSSR count). The Morgan fingerprint density at radius 2 is 2.16 bits per heavy atom. The molecule has 1 aliphatic rings. The number of piperidine rings is 1. The van der Waals surface area contributed by atoms with Gasteiger partial charge in [0.15, 0.2) is 0 Å². The first kappa shape index (κ1) is 18.2. The normalized spacial score (nSPS) is 16.2. The molecule has 1 saturated heterocycles. The number of nitrogens with zero attached hydrogens (tertiary/aromatic N) is 1. The van der Waals surface area contributed by atoms with Crippen LogP contribution in [0.3, 0.4) is 0 Å². The number of unbranched alkanes of at least 4 members (excludes halogenated alkanes) is 3. The number of thiophene rings is 1. The Morgan fingerprint density at radius 3 is 2.88 bits per heavy atom. The van der Waals surface area contributed by atoms with Crippen molar-refractivity contribution in [2.24, 2.45) is 0 Å². The number of H-pyrrole nitrogens is 1. The lowest BCUT2D eigenvalue weighted by atomic mass is 9.91. The van der Waals surface area contributed by atoms with E-state index in [0.29, 0.717) is 5.92 Å². The molecule has 4 nitrogen and oxygen atoms in total. The maximum Gasteiger partial charge on any atom is 0.266 e. The van der Waals surface area contributed by atoms with E-state index in [9.17, 15) is 4.79 Å². The molecular weight excluding hydrogens is 330 g/mol. The van der Waals surface area contributed by atoms with Gasteiger partial charge in [0, 0.05) is 6.20 Å². The van der Waals surface area contributed by atoms with Crippen LogP contribution >= 0.6 is 11.3 Å². The van der Waals surface area contributed by atoms with Crippen molar-refractivity contribution < 1.29 is 4.79 Å². The van der Waals surface area contributed by atoms with Gasteiger partial charge in [0.25, 0.3) is 5.91 Å². The van der Waals surface area contributed by atoms with Gasteiger partial charge in [-0.05, 0) is 67.9 Å². The van der Waals surface area contributed by atoms with Gasteiger partial charge in [-0.15, -0.1) is 11.3 Å². The third-order valence-electron chi connectivity index (χ3n) is 5.09. The molecule has 2 aromatic rings. The van der Waals surface area contributed by atoms with Crippen LogP contribution in [0.1, 0.15) is 66.6 Å². The Morgan fingerprint density at radius 1 is 1.32 bits per heavy atom. The maximum absolute atomic E-state index is 12.1. The molecule has 0 unspecified atom stereocenters. The van der Waals surface area contributed by atoms with Gasteiger partial charge in [0.05, 0.1) is 4.88 Å². The average Bonchev–Trinajstić information content (AvgIpc) is 3.31. The Labute approximate surface area is 154 Å². The topological polar surface area (TPSA) is 48.1 Å². The third-order valence-corrected chi connectivity index (χ3v) is 5.95. The smallest absolute Gasteiger partial charge is 0.266 e. The molecule has 5 heteroatoms. The number of carbonyl (C=O) groups excluding carboxylic acids is 1. The first-order valence-corrected chi connectivity index (χ1v) is 10.4. The van der Waals surface area contributed by atoms with E-state index in [4.69, 9.17) is 0 Å². The number of hydrogen-bond acceptors (Lipinski definition) is 3. The number of hydrogen-bond donors (Lipinski definition) is 2. The number of amides is 1. The highest BCUT2D eigenvalue weighted by Crippen LogP contribution is 2.29. The van der Waals surface area contributed by atoms with Gasteiger partial charge in [0.1, 0.15) is 5.82 Å². The van der Waals surface area contributed by atoms with E-state index in [1.807, 2.05) is 17.5 Å². The summed E-state index contributed by atoms with van der Waals surface area (Å²) in [4.78, 5) is 18.7. The minimum atomic E-state index is -0.0368. The van der Waals surface area contributed by atoms with Crippen LogP contribution in [0.5, 0.6) is 0 Å². The number of likely N-dealkylation sites (tertiary alicyclic amines) is 1. The van der Waals surface area contributed by atoms with Crippen molar-refractivity contribution in [3.05, 3.63) is 40.2 Å². The standard InChI is InChI=1S/C20H29N3OS/c1-2-3-4-5-10-23-11-8-16(9-12-23)17-14-19(21-15-17)22-20(24)18-7-6-13-25-18/h6-7,13-16,21H,2-5,8-12H2,1H3,(H,22,24). The second kappa shape index (κ2) is 9.20. The summed E-state index contributed by atoms with van der Waals surface area (Å²) in [7, 11) is 0. The van der Waals surface area contributed by atoms with E-state index in [1.165, 1.54) is 75.1 Å². The summed E-state index contributed by atoms with van der Waals surface area (Å²) in [5.41, 5.74) is 1.33. The lowest BCUT2D eigenvalue weighted by Crippen LogP contribution is -2.33. The van der Waals surface area contributed by atoms with Gasteiger partial charge in [-0.1, -0.05) is 32.3 Å². The van der Waals surface area contributed by atoms with Gasteiger partial charge in [-0.2, -0.15) is 0 Å². The fourth-order valence-electron chi connectivity index (χ4n) is 3.56. The summed E-state index contributed by atoms with van der Waals surface area (Å²) in [5.74, 6) is 1.37. The van der Waals surface area contributed by atoms with Gasteiger partial charge in [-0.25, -0.2) is 0 Å². The number of carbonyl (C=O) groups is 1. The van der Waals surface area contributed by atoms with E-state index in [0.717, 1.165) is 10.7 Å². The number of aromatic nitrogens is 1. The van der Waals surface area contributed by atoms with Crippen LogP contribution in [0.4, 0.5) is 5.82 Å². The second-order valence-electron chi connectivity index (χ2n) is 6.95. The molecule has 0 bridgehead atoms. The van der Waals surface area contributed by atoms with E-state index in [1.54, 1.807) is 0 Å². The van der Waals surface area contributed by atoms with Crippen molar-refractivity contribution in [1.29, 1.82) is 0 Å². The highest BCUT2D eigenvalue weighted by atomic mass is 32.1. The Bertz CT molecular complexity index is 642. The fourth-order valence-corrected chi connectivity index (χ4v) is 4.18. The Balaban J connectivity index is 1.45. The van der Waals surface area contributed by atoms with E-state index in [2.05, 4.69) is 34.4 Å². The summed E-state index contributed by atoms with van der Waals surface area (Å²) in [6.45, 7) is 5.90. The molecule has 1 fully saturated rings. The molecule has 0 radical (unpaired) electrons. The lowest BCUT2D eigenvalue weighted by Gasteiger charge is -2.31. The molecule has 136 valence electrons. The van der Waals surface area contributed by atoms with Crippen LogP contribution in [0.2, 0.25) is 0 Å². The zero-order chi connectivity index (χ0) is 17.5. The third kappa shape index (κ3) is 5.19. The van der Waals surface area contributed by atoms with E-state index >= 15 is 0 Å². The molecular formula is C20H29N3OS. The zero-order valence-electron chi connectivity index (χ0n) is 15.1. The fraction of sp³-hybridized carbons (Fsp3) is 0.550. The Hall–Kier alpha value is -1.59. The maximum atomic E-state index is 12.1. The quantitative estimate of drug-likeness (QED) is 0.645. The SMILES string of the molecule is CCCCCCN1CCC(c2c[nH]c(NC(=O)c3cccs3)c2)CC1. The van der Waals surface area contributed by atoms with Crippen molar-refractivity contribution in [3.63, 3.8) is 0 Å². The van der Waals surface area contributed by atoms with Crippen LogP contribution in [-0.2, 0) is 0 Å². The predicted octanol–water partition coefficient (Wildman–Crippen LogP) is 5.09. The molecule has 1 amide bonds. The summed E-state index contributed by atoms with van der Waals surface area (Å²) < 4.78 is 0. The molecule has 2 N–H and O–H groups in total. The summed E-state index contributed by atoms with van der Waals surface area (Å²) in [6, 6.07) is 5.85. The Kier molecular flexibility index (Phi) is 6.70. The summed E-state index contributed by atoms with van der Waals surface area (Å²) >= 11 is 1.46. The molecule has 0 aliphatic carbocycles. The molecule has 25 heavy (non-hydrogen) atoms. The second-order valence-corrected chi connectivity index (χ2v) is 7.90. The number of anilines is 1. The molecule has 1 aliphatic heterocycles. The average molecular weight is 360 g/mol. The zero-order valence-corrected chi connectivity index (χ0v) is 15.9. The highest BCUT2D eigenvalue weighted by Gasteiger charge is 2.21. The van der Waals surface area contributed by atoms with Gasteiger partial charge < -0.3 is 15.2 Å². The van der Waals surface area contributed by atoms with Crippen LogP contribution in [0, 0.1) is 0 Å². The largest absolute Gasteiger partial charge is 0.348 e. The first-order chi connectivity index (χ1) is 12.3. The minimum Gasteiger partial charge on any atom is -0.348 e. The van der Waals surface area contributed by atoms with Gasteiger partial charge in [-0.3, -0.25) is 4.79 Å². The van der Waals surface area contributed by atoms with Crippen molar-refractivity contribution in [1.82, 2.24) is 9.88 Å². The van der Waals surface area contributed by atoms with Gasteiger partial charge >= 0.3 is 0 Å². The number of rotatable bonds is 8. The van der Waals surface area contributed by atoms with Crippen LogP contribution in [0.25, 0.3) is 0 Å².